The molecule has 1 aliphatic heterocycles. The third kappa shape index (κ3) is 3.47. The SMILES string of the molecule is CSc1ccc(/C=C2/SC(=O)N(c3ccc(Cl)cc3)C2=O)cc1. The molecule has 1 heterocycles. The predicted molar refractivity (Wildman–Crippen MR) is 98.1 cm³/mol. The van der Waals surface area contributed by atoms with Gasteiger partial charge in [-0.2, -0.15) is 0 Å². The molecular weight excluding hydrogens is 350 g/mol. The number of thioether (sulfide) groups is 2. The first-order chi connectivity index (χ1) is 11.1. The van der Waals surface area contributed by atoms with Gasteiger partial charge in [0, 0.05) is 9.92 Å². The number of carbonyl (C=O) groups excluding carboxylic acids is 2. The Morgan fingerprint density at radius 3 is 2.30 bits per heavy atom. The number of nitrogens with zero attached hydrogens (tertiary/aromatic N) is 1. The highest BCUT2D eigenvalue weighted by molar-refractivity contribution is 8.19. The first-order valence-corrected chi connectivity index (χ1v) is 9.18. The molecule has 23 heavy (non-hydrogen) atoms. The zero-order valence-corrected chi connectivity index (χ0v) is 14.5. The molecule has 1 aliphatic rings. The lowest BCUT2D eigenvalue weighted by Gasteiger charge is -2.12. The second-order valence-corrected chi connectivity index (χ2v) is 7.08. The third-order valence-corrected chi connectivity index (χ3v) is 5.16. The highest BCUT2D eigenvalue weighted by Gasteiger charge is 2.36. The van der Waals surface area contributed by atoms with Crippen LogP contribution in [0.3, 0.4) is 0 Å². The first kappa shape index (κ1) is 16.2. The second-order valence-electron chi connectivity index (χ2n) is 4.77. The second kappa shape index (κ2) is 6.83. The number of benzene rings is 2. The van der Waals surface area contributed by atoms with Gasteiger partial charge in [0.25, 0.3) is 11.1 Å². The molecule has 3 rings (SSSR count). The third-order valence-electron chi connectivity index (χ3n) is 3.29. The predicted octanol–water partition coefficient (Wildman–Crippen LogP) is 5.30. The van der Waals surface area contributed by atoms with Crippen LogP contribution in [0.15, 0.2) is 58.3 Å². The van der Waals surface area contributed by atoms with E-state index in [2.05, 4.69) is 0 Å². The van der Waals surface area contributed by atoms with Crippen LogP contribution in [0.4, 0.5) is 10.5 Å². The number of halogens is 1. The van der Waals surface area contributed by atoms with Crippen LogP contribution in [0, 0.1) is 0 Å². The minimum Gasteiger partial charge on any atom is -0.268 e. The summed E-state index contributed by atoms with van der Waals surface area (Å²) >= 11 is 8.45. The van der Waals surface area contributed by atoms with Crippen LogP contribution in [-0.2, 0) is 4.79 Å². The van der Waals surface area contributed by atoms with Gasteiger partial charge in [-0.15, -0.1) is 11.8 Å². The van der Waals surface area contributed by atoms with Gasteiger partial charge in [0.05, 0.1) is 10.6 Å². The van der Waals surface area contributed by atoms with Crippen molar-refractivity contribution in [3.05, 3.63) is 64.0 Å². The van der Waals surface area contributed by atoms with E-state index in [4.69, 9.17) is 11.6 Å². The highest BCUT2D eigenvalue weighted by Crippen LogP contribution is 2.36. The van der Waals surface area contributed by atoms with E-state index in [1.165, 1.54) is 4.90 Å². The molecule has 2 aromatic carbocycles. The summed E-state index contributed by atoms with van der Waals surface area (Å²) in [5.74, 6) is -0.309. The zero-order valence-electron chi connectivity index (χ0n) is 12.2. The van der Waals surface area contributed by atoms with Crippen molar-refractivity contribution in [1.82, 2.24) is 0 Å². The van der Waals surface area contributed by atoms with Crippen molar-refractivity contribution in [3.63, 3.8) is 0 Å². The normalized spacial score (nSPS) is 16.4. The molecule has 0 aromatic heterocycles. The molecule has 0 saturated carbocycles. The van der Waals surface area contributed by atoms with Gasteiger partial charge >= 0.3 is 0 Å². The number of anilines is 1. The summed E-state index contributed by atoms with van der Waals surface area (Å²) in [5.41, 5.74) is 1.42. The molecular formula is C17H12ClNO2S2. The maximum Gasteiger partial charge on any atom is 0.298 e. The largest absolute Gasteiger partial charge is 0.298 e. The zero-order chi connectivity index (χ0) is 16.4. The van der Waals surface area contributed by atoms with E-state index >= 15 is 0 Å². The molecule has 2 aromatic rings. The van der Waals surface area contributed by atoms with E-state index in [-0.39, 0.29) is 11.1 Å². The van der Waals surface area contributed by atoms with Crippen molar-refractivity contribution in [1.29, 1.82) is 0 Å². The number of hydrogen-bond donors (Lipinski definition) is 0. The van der Waals surface area contributed by atoms with Crippen LogP contribution in [0.25, 0.3) is 6.08 Å². The smallest absolute Gasteiger partial charge is 0.268 e. The molecule has 116 valence electrons. The molecule has 0 aliphatic carbocycles. The quantitative estimate of drug-likeness (QED) is 0.549. The van der Waals surface area contributed by atoms with Crippen molar-refractivity contribution < 1.29 is 9.59 Å². The van der Waals surface area contributed by atoms with Crippen LogP contribution in [0.5, 0.6) is 0 Å². The van der Waals surface area contributed by atoms with Gasteiger partial charge in [-0.25, -0.2) is 4.90 Å². The topological polar surface area (TPSA) is 37.4 Å². The molecule has 0 N–H and O–H groups in total. The maximum atomic E-state index is 12.5. The summed E-state index contributed by atoms with van der Waals surface area (Å²) in [4.78, 5) is 27.4. The van der Waals surface area contributed by atoms with Gasteiger partial charge in [0.15, 0.2) is 0 Å². The Kier molecular flexibility index (Phi) is 4.80. The van der Waals surface area contributed by atoms with Gasteiger partial charge in [0.2, 0.25) is 0 Å². The van der Waals surface area contributed by atoms with Crippen molar-refractivity contribution in [2.45, 2.75) is 4.90 Å². The van der Waals surface area contributed by atoms with E-state index in [1.807, 2.05) is 30.5 Å². The lowest BCUT2D eigenvalue weighted by atomic mass is 10.2. The van der Waals surface area contributed by atoms with Gasteiger partial charge in [-0.1, -0.05) is 23.7 Å². The van der Waals surface area contributed by atoms with Crippen LogP contribution in [0.2, 0.25) is 5.02 Å². The fourth-order valence-corrected chi connectivity index (χ4v) is 3.51. The Labute approximate surface area is 147 Å². The van der Waals surface area contributed by atoms with Crippen molar-refractivity contribution >= 4 is 58.0 Å². The number of hydrogen-bond acceptors (Lipinski definition) is 4. The summed E-state index contributed by atoms with van der Waals surface area (Å²) in [6, 6.07) is 14.5. The Bertz CT molecular complexity index is 785. The molecule has 0 atom stereocenters. The molecule has 2 amide bonds. The van der Waals surface area contributed by atoms with E-state index < -0.39 is 0 Å². The van der Waals surface area contributed by atoms with Gasteiger partial charge in [-0.05, 0) is 66.1 Å². The molecule has 1 saturated heterocycles. The molecule has 1 fully saturated rings. The van der Waals surface area contributed by atoms with E-state index in [0.717, 1.165) is 22.2 Å². The van der Waals surface area contributed by atoms with Gasteiger partial charge in [0.1, 0.15) is 0 Å². The lowest BCUT2D eigenvalue weighted by molar-refractivity contribution is -0.113. The summed E-state index contributed by atoms with van der Waals surface area (Å²) in [6.45, 7) is 0. The van der Waals surface area contributed by atoms with E-state index in [1.54, 1.807) is 42.1 Å². The van der Waals surface area contributed by atoms with Crippen LogP contribution in [-0.4, -0.2) is 17.4 Å². The number of carbonyl (C=O) groups is 2. The summed E-state index contributed by atoms with van der Waals surface area (Å²) < 4.78 is 0. The summed E-state index contributed by atoms with van der Waals surface area (Å²) in [6.07, 6.45) is 3.75. The van der Waals surface area contributed by atoms with Crippen LogP contribution >= 0.6 is 35.1 Å². The molecule has 0 radical (unpaired) electrons. The first-order valence-electron chi connectivity index (χ1n) is 6.76. The maximum absolute atomic E-state index is 12.5. The number of amides is 2. The minimum atomic E-state index is -0.309. The van der Waals surface area contributed by atoms with Gasteiger partial charge in [-0.3, -0.25) is 9.59 Å². The summed E-state index contributed by atoms with van der Waals surface area (Å²) in [7, 11) is 0. The monoisotopic (exact) mass is 361 g/mol. The van der Waals surface area contributed by atoms with Crippen LogP contribution < -0.4 is 4.90 Å². The summed E-state index contributed by atoms with van der Waals surface area (Å²) in [5, 5.41) is 0.259. The molecule has 0 spiro atoms. The number of imide groups is 1. The highest BCUT2D eigenvalue weighted by atomic mass is 35.5. The van der Waals surface area contributed by atoms with E-state index in [0.29, 0.717) is 15.6 Å². The average molecular weight is 362 g/mol. The minimum absolute atomic E-state index is 0.302. The fourth-order valence-electron chi connectivity index (χ4n) is 2.13. The Morgan fingerprint density at radius 1 is 1.04 bits per heavy atom. The molecule has 0 bridgehead atoms. The fraction of sp³-hybridized carbons (Fsp3) is 0.0588. The van der Waals surface area contributed by atoms with E-state index in [9.17, 15) is 9.59 Å². The number of rotatable bonds is 3. The molecule has 3 nitrogen and oxygen atoms in total. The van der Waals surface area contributed by atoms with Crippen molar-refractivity contribution in [3.8, 4) is 0 Å². The average Bonchev–Trinajstić information content (AvgIpc) is 2.83. The lowest BCUT2D eigenvalue weighted by Crippen LogP contribution is -2.27. The Morgan fingerprint density at radius 2 is 1.70 bits per heavy atom. The van der Waals surface area contributed by atoms with Crippen molar-refractivity contribution in [2.24, 2.45) is 0 Å². The van der Waals surface area contributed by atoms with Crippen molar-refractivity contribution in [2.75, 3.05) is 11.2 Å². The Hall–Kier alpha value is -1.69. The molecule has 0 unspecified atom stereocenters. The standard InChI is InChI=1S/C17H12ClNO2S2/c1-22-14-8-2-11(3-9-14)10-15-16(20)19(17(21)23-15)13-6-4-12(18)5-7-13/h2-10H,1H3/b15-10+. The van der Waals surface area contributed by atoms with Crippen LogP contribution in [0.1, 0.15) is 5.56 Å². The van der Waals surface area contributed by atoms with Gasteiger partial charge < -0.3 is 0 Å². The molecule has 6 heteroatoms. The Balaban J connectivity index is 1.88.